The van der Waals surface area contributed by atoms with Crippen molar-refractivity contribution in [3.05, 3.63) is 72.8 Å². The third-order valence-corrected chi connectivity index (χ3v) is 2.51. The second kappa shape index (κ2) is 6.54. The second-order valence-electron chi connectivity index (χ2n) is 3.94. The van der Waals surface area contributed by atoms with Crippen LogP contribution in [-0.4, -0.2) is 17.4 Å². The molecule has 0 radical (unpaired) electrons. The number of aliphatic hydroxyl groups is 1. The molecule has 2 aromatic carbocycles. The van der Waals surface area contributed by atoms with E-state index in [1.165, 1.54) is 0 Å². The zero-order chi connectivity index (χ0) is 14.4. The number of rotatable bonds is 5. The Hall–Kier alpha value is -2.59. The Morgan fingerprint density at radius 1 is 1.10 bits per heavy atom. The highest BCUT2D eigenvalue weighted by Crippen LogP contribution is 2.25. The van der Waals surface area contributed by atoms with E-state index in [1.807, 2.05) is 18.2 Å². The van der Waals surface area contributed by atoms with Gasteiger partial charge in [0.2, 0.25) is 6.29 Å². The number of esters is 1. The zero-order valence-corrected chi connectivity index (χ0v) is 10.7. The van der Waals surface area contributed by atoms with Crippen LogP contribution in [0.15, 0.2) is 67.3 Å². The first-order chi connectivity index (χ1) is 9.70. The molecule has 102 valence electrons. The number of carbonyl (C=O) groups is 1. The van der Waals surface area contributed by atoms with E-state index in [4.69, 9.17) is 9.47 Å². The number of ether oxygens (including phenoxy) is 2. The molecular formula is C16H14O4. The lowest BCUT2D eigenvalue weighted by Gasteiger charge is -2.12. The lowest BCUT2D eigenvalue weighted by atomic mass is 10.2. The summed E-state index contributed by atoms with van der Waals surface area (Å²) in [6.45, 7) is 3.34. The van der Waals surface area contributed by atoms with Crippen molar-refractivity contribution in [1.82, 2.24) is 0 Å². The minimum Gasteiger partial charge on any atom is -0.456 e. The van der Waals surface area contributed by atoms with Gasteiger partial charge in [0.1, 0.15) is 17.1 Å². The first-order valence-corrected chi connectivity index (χ1v) is 6.04. The third kappa shape index (κ3) is 3.46. The summed E-state index contributed by atoms with van der Waals surface area (Å²) in [6, 6.07) is 15.7. The molecule has 0 bridgehead atoms. The minimum absolute atomic E-state index is 0.234. The van der Waals surface area contributed by atoms with Crippen molar-refractivity contribution in [1.29, 1.82) is 0 Å². The monoisotopic (exact) mass is 270 g/mol. The summed E-state index contributed by atoms with van der Waals surface area (Å²) in [5, 5.41) is 9.27. The lowest BCUT2D eigenvalue weighted by Crippen LogP contribution is -2.15. The number of benzene rings is 2. The van der Waals surface area contributed by atoms with Crippen LogP contribution in [0.25, 0.3) is 0 Å². The van der Waals surface area contributed by atoms with Crippen LogP contribution >= 0.6 is 0 Å². The molecule has 0 aromatic heterocycles. The van der Waals surface area contributed by atoms with Gasteiger partial charge in [-0.1, -0.05) is 36.9 Å². The molecule has 0 spiro atoms. The van der Waals surface area contributed by atoms with E-state index in [0.29, 0.717) is 11.5 Å². The molecule has 0 aliphatic heterocycles. The van der Waals surface area contributed by atoms with Crippen LogP contribution < -0.4 is 4.74 Å². The number of para-hydroxylation sites is 2. The van der Waals surface area contributed by atoms with Gasteiger partial charge in [0.15, 0.2) is 0 Å². The van der Waals surface area contributed by atoms with E-state index < -0.39 is 12.3 Å². The summed E-state index contributed by atoms with van der Waals surface area (Å²) < 4.78 is 10.4. The molecule has 4 nitrogen and oxygen atoms in total. The number of hydrogen-bond donors (Lipinski definition) is 1. The Morgan fingerprint density at radius 3 is 2.45 bits per heavy atom. The predicted octanol–water partition coefficient (Wildman–Crippen LogP) is 3.14. The molecule has 0 fully saturated rings. The second-order valence-corrected chi connectivity index (χ2v) is 3.94. The highest BCUT2D eigenvalue weighted by molar-refractivity contribution is 5.92. The molecule has 0 saturated carbocycles. The van der Waals surface area contributed by atoms with Crippen LogP contribution in [0.4, 0.5) is 0 Å². The number of hydrogen-bond acceptors (Lipinski definition) is 4. The molecule has 0 aliphatic carbocycles. The summed E-state index contributed by atoms with van der Waals surface area (Å²) in [6.07, 6.45) is -0.217. The normalized spacial score (nSPS) is 11.4. The molecule has 2 aromatic rings. The maximum Gasteiger partial charge on any atom is 0.344 e. The lowest BCUT2D eigenvalue weighted by molar-refractivity contribution is -0.0351. The highest BCUT2D eigenvalue weighted by atomic mass is 16.6. The summed E-state index contributed by atoms with van der Waals surface area (Å²) >= 11 is 0. The molecule has 0 amide bonds. The Bertz CT molecular complexity index is 592. The zero-order valence-electron chi connectivity index (χ0n) is 10.7. The fourth-order valence-electron chi connectivity index (χ4n) is 1.56. The van der Waals surface area contributed by atoms with E-state index in [1.54, 1.807) is 36.4 Å². The van der Waals surface area contributed by atoms with Crippen LogP contribution in [-0.2, 0) is 4.74 Å². The van der Waals surface area contributed by atoms with Crippen molar-refractivity contribution in [2.45, 2.75) is 6.29 Å². The van der Waals surface area contributed by atoms with E-state index >= 15 is 0 Å². The van der Waals surface area contributed by atoms with Crippen LogP contribution in [0.3, 0.4) is 0 Å². The van der Waals surface area contributed by atoms with Crippen LogP contribution in [0.2, 0.25) is 0 Å². The molecule has 1 N–H and O–H groups in total. The van der Waals surface area contributed by atoms with E-state index in [-0.39, 0.29) is 5.56 Å². The highest BCUT2D eigenvalue weighted by Gasteiger charge is 2.16. The smallest absolute Gasteiger partial charge is 0.344 e. The Morgan fingerprint density at radius 2 is 1.75 bits per heavy atom. The average molecular weight is 270 g/mol. The molecule has 4 heteroatoms. The van der Waals surface area contributed by atoms with Crippen LogP contribution in [0, 0.1) is 0 Å². The van der Waals surface area contributed by atoms with Gasteiger partial charge in [0.05, 0.1) is 0 Å². The van der Waals surface area contributed by atoms with E-state index in [2.05, 4.69) is 6.58 Å². The van der Waals surface area contributed by atoms with Crippen LogP contribution in [0.5, 0.6) is 11.5 Å². The SMILES string of the molecule is C=CC(O)OC(=O)c1ccccc1Oc1ccccc1. The third-order valence-electron chi connectivity index (χ3n) is 2.51. The maximum atomic E-state index is 11.9. The maximum absolute atomic E-state index is 11.9. The summed E-state index contributed by atoms with van der Waals surface area (Å²) in [7, 11) is 0. The fourth-order valence-corrected chi connectivity index (χ4v) is 1.56. The van der Waals surface area contributed by atoms with Crippen molar-refractivity contribution in [3.63, 3.8) is 0 Å². The van der Waals surface area contributed by atoms with Crippen molar-refractivity contribution >= 4 is 5.97 Å². The van der Waals surface area contributed by atoms with Gasteiger partial charge in [-0.25, -0.2) is 4.79 Å². The van der Waals surface area contributed by atoms with Gasteiger partial charge in [0, 0.05) is 0 Å². The summed E-state index contributed by atoms with van der Waals surface area (Å²) in [5.41, 5.74) is 0.234. The predicted molar refractivity (Wildman–Crippen MR) is 74.6 cm³/mol. The molecule has 0 saturated heterocycles. The van der Waals surface area contributed by atoms with Gasteiger partial charge in [0.25, 0.3) is 0 Å². The molecule has 2 rings (SSSR count). The van der Waals surface area contributed by atoms with Crippen molar-refractivity contribution in [2.24, 2.45) is 0 Å². The van der Waals surface area contributed by atoms with Gasteiger partial charge < -0.3 is 14.6 Å². The van der Waals surface area contributed by atoms with Crippen molar-refractivity contribution < 1.29 is 19.4 Å². The van der Waals surface area contributed by atoms with Gasteiger partial charge in [-0.2, -0.15) is 0 Å². The molecule has 1 unspecified atom stereocenters. The van der Waals surface area contributed by atoms with Crippen LogP contribution in [0.1, 0.15) is 10.4 Å². The largest absolute Gasteiger partial charge is 0.456 e. The first kappa shape index (κ1) is 13.8. The van der Waals surface area contributed by atoms with Gasteiger partial charge >= 0.3 is 5.97 Å². The molecule has 0 aliphatic rings. The van der Waals surface area contributed by atoms with Gasteiger partial charge in [-0.3, -0.25) is 0 Å². The van der Waals surface area contributed by atoms with E-state index in [9.17, 15) is 9.90 Å². The average Bonchev–Trinajstić information content (AvgIpc) is 2.48. The quantitative estimate of drug-likeness (QED) is 0.515. The standard InChI is InChI=1S/C16H14O4/c1-2-15(17)20-16(18)13-10-6-7-11-14(13)19-12-8-4-3-5-9-12/h2-11,15,17H,1H2. The molecule has 0 heterocycles. The van der Waals surface area contributed by atoms with Gasteiger partial charge in [-0.05, 0) is 30.3 Å². The number of aliphatic hydroxyl groups excluding tert-OH is 1. The molecular weight excluding hydrogens is 256 g/mol. The molecule has 20 heavy (non-hydrogen) atoms. The Labute approximate surface area is 116 Å². The van der Waals surface area contributed by atoms with E-state index in [0.717, 1.165) is 6.08 Å². The topological polar surface area (TPSA) is 55.8 Å². The molecule has 1 atom stereocenters. The first-order valence-electron chi connectivity index (χ1n) is 6.04. The number of carbonyl (C=O) groups excluding carboxylic acids is 1. The Kier molecular flexibility index (Phi) is 4.52. The van der Waals surface area contributed by atoms with Crippen molar-refractivity contribution in [3.8, 4) is 11.5 Å². The summed E-state index contributed by atoms with van der Waals surface area (Å²) in [5.74, 6) is 0.293. The van der Waals surface area contributed by atoms with Crippen molar-refractivity contribution in [2.75, 3.05) is 0 Å². The summed E-state index contributed by atoms with van der Waals surface area (Å²) in [4.78, 5) is 11.9. The fraction of sp³-hybridized carbons (Fsp3) is 0.0625. The van der Waals surface area contributed by atoms with Gasteiger partial charge in [-0.15, -0.1) is 0 Å². The Balaban J connectivity index is 2.22. The minimum atomic E-state index is -1.34.